The highest BCUT2D eigenvalue weighted by Crippen LogP contribution is 2.28. The number of para-hydroxylation sites is 1. The Labute approximate surface area is 152 Å². The summed E-state index contributed by atoms with van der Waals surface area (Å²) in [6.45, 7) is 2.12. The van der Waals surface area contributed by atoms with E-state index < -0.39 is 0 Å². The van der Waals surface area contributed by atoms with Crippen LogP contribution in [0.1, 0.15) is 34.8 Å². The molecule has 0 unspecified atom stereocenters. The lowest BCUT2D eigenvalue weighted by Gasteiger charge is -2.11. The quantitative estimate of drug-likeness (QED) is 0.482. The number of aryl methyl sites for hydroxylation is 1. The molecule has 3 rings (SSSR count). The number of phenols is 2. The number of hydrogen-bond acceptors (Lipinski definition) is 4. The molecule has 0 aromatic heterocycles. The minimum Gasteiger partial charge on any atom is -0.508 e. The summed E-state index contributed by atoms with van der Waals surface area (Å²) in [7, 11) is 0. The third-order valence-electron chi connectivity index (χ3n) is 4.06. The summed E-state index contributed by atoms with van der Waals surface area (Å²) in [5.74, 6) is 0.834. The summed E-state index contributed by atoms with van der Waals surface area (Å²) in [5.41, 5.74) is 1.60. The van der Waals surface area contributed by atoms with Crippen molar-refractivity contribution in [1.29, 1.82) is 0 Å². The van der Waals surface area contributed by atoms with Crippen LogP contribution in [0.15, 0.2) is 66.7 Å². The number of aromatic hydroxyl groups is 2. The monoisotopic (exact) mass is 348 g/mol. The lowest BCUT2D eigenvalue weighted by Crippen LogP contribution is -2.01. The van der Waals surface area contributed by atoms with Crippen molar-refractivity contribution in [2.45, 2.75) is 19.8 Å². The third kappa shape index (κ3) is 3.86. The molecule has 3 aromatic carbocycles. The van der Waals surface area contributed by atoms with Crippen molar-refractivity contribution in [1.82, 2.24) is 0 Å². The highest BCUT2D eigenvalue weighted by Gasteiger charge is 2.14. The average Bonchev–Trinajstić information content (AvgIpc) is 2.65. The maximum atomic E-state index is 12.5. The number of carbonyl (C=O) groups is 1. The molecule has 0 saturated carbocycles. The highest BCUT2D eigenvalue weighted by atomic mass is 16.5. The first-order valence-corrected chi connectivity index (χ1v) is 8.51. The van der Waals surface area contributed by atoms with Gasteiger partial charge < -0.3 is 14.9 Å². The van der Waals surface area contributed by atoms with E-state index in [4.69, 9.17) is 4.74 Å². The number of rotatable bonds is 6. The molecule has 0 spiro atoms. The molecule has 4 heteroatoms. The lowest BCUT2D eigenvalue weighted by molar-refractivity contribution is 0.103. The van der Waals surface area contributed by atoms with Gasteiger partial charge >= 0.3 is 0 Å². The van der Waals surface area contributed by atoms with Crippen molar-refractivity contribution < 1.29 is 19.7 Å². The van der Waals surface area contributed by atoms with E-state index in [1.807, 2.05) is 24.3 Å². The Morgan fingerprint density at radius 1 is 0.962 bits per heavy atom. The van der Waals surface area contributed by atoms with Gasteiger partial charge in [-0.1, -0.05) is 31.5 Å². The van der Waals surface area contributed by atoms with Crippen LogP contribution in [0.3, 0.4) is 0 Å². The molecule has 2 N–H and O–H groups in total. The first-order valence-electron chi connectivity index (χ1n) is 8.51. The van der Waals surface area contributed by atoms with Crippen molar-refractivity contribution in [3.8, 4) is 23.0 Å². The summed E-state index contributed by atoms with van der Waals surface area (Å²) >= 11 is 0. The molecule has 0 aliphatic carbocycles. The Morgan fingerprint density at radius 3 is 2.42 bits per heavy atom. The van der Waals surface area contributed by atoms with Crippen molar-refractivity contribution in [2.75, 3.05) is 0 Å². The van der Waals surface area contributed by atoms with Crippen LogP contribution < -0.4 is 4.74 Å². The second kappa shape index (κ2) is 7.74. The zero-order valence-electron chi connectivity index (χ0n) is 14.5. The van der Waals surface area contributed by atoms with Gasteiger partial charge in [0.2, 0.25) is 0 Å². The van der Waals surface area contributed by atoms with Crippen LogP contribution in [0.4, 0.5) is 0 Å². The number of carbonyl (C=O) groups excluding carboxylic acids is 1. The van der Waals surface area contributed by atoms with Gasteiger partial charge in [-0.25, -0.2) is 0 Å². The van der Waals surface area contributed by atoms with Gasteiger partial charge in [0.25, 0.3) is 0 Å². The van der Waals surface area contributed by atoms with Crippen LogP contribution in [0.25, 0.3) is 0 Å². The van der Waals surface area contributed by atoms with Crippen molar-refractivity contribution in [3.05, 3.63) is 83.4 Å². The fourth-order valence-corrected chi connectivity index (χ4v) is 2.74. The van der Waals surface area contributed by atoms with Crippen molar-refractivity contribution in [2.24, 2.45) is 0 Å². The molecule has 0 aliphatic heterocycles. The van der Waals surface area contributed by atoms with Crippen LogP contribution in [0.2, 0.25) is 0 Å². The van der Waals surface area contributed by atoms with Gasteiger partial charge in [-0.3, -0.25) is 4.79 Å². The number of benzene rings is 3. The van der Waals surface area contributed by atoms with Crippen LogP contribution in [0, 0.1) is 0 Å². The molecule has 0 radical (unpaired) electrons. The van der Waals surface area contributed by atoms with Crippen molar-refractivity contribution in [3.63, 3.8) is 0 Å². The van der Waals surface area contributed by atoms with E-state index in [2.05, 4.69) is 6.92 Å². The van der Waals surface area contributed by atoms with Gasteiger partial charge in [0.15, 0.2) is 5.78 Å². The Hall–Kier alpha value is -3.27. The van der Waals surface area contributed by atoms with Crippen molar-refractivity contribution >= 4 is 5.78 Å². The topological polar surface area (TPSA) is 66.8 Å². The molecule has 4 nitrogen and oxygen atoms in total. The predicted molar refractivity (Wildman–Crippen MR) is 100 cm³/mol. The smallest absolute Gasteiger partial charge is 0.196 e. The zero-order chi connectivity index (χ0) is 18.5. The molecule has 0 saturated heterocycles. The van der Waals surface area contributed by atoms with E-state index >= 15 is 0 Å². The molecule has 0 fully saturated rings. The predicted octanol–water partition coefficient (Wildman–Crippen LogP) is 5.07. The summed E-state index contributed by atoms with van der Waals surface area (Å²) in [6.07, 6.45) is 1.96. The summed E-state index contributed by atoms with van der Waals surface area (Å²) < 4.78 is 5.94. The van der Waals surface area contributed by atoms with E-state index in [1.54, 1.807) is 24.3 Å². The highest BCUT2D eigenvalue weighted by molar-refractivity contribution is 6.10. The molecule has 0 heterocycles. The molecule has 26 heavy (non-hydrogen) atoms. The Morgan fingerprint density at radius 2 is 1.69 bits per heavy atom. The van der Waals surface area contributed by atoms with Gasteiger partial charge in [0.05, 0.1) is 5.56 Å². The van der Waals surface area contributed by atoms with Crippen LogP contribution in [-0.4, -0.2) is 16.0 Å². The minimum absolute atomic E-state index is 0.0620. The summed E-state index contributed by atoms with van der Waals surface area (Å²) in [6, 6.07) is 18.5. The third-order valence-corrected chi connectivity index (χ3v) is 4.06. The van der Waals surface area contributed by atoms with E-state index in [9.17, 15) is 15.0 Å². The van der Waals surface area contributed by atoms with Crippen LogP contribution in [0.5, 0.6) is 23.0 Å². The maximum absolute atomic E-state index is 12.5. The van der Waals surface area contributed by atoms with Gasteiger partial charge in [-0.2, -0.15) is 0 Å². The molecule has 0 bridgehead atoms. The van der Waals surface area contributed by atoms with Gasteiger partial charge in [-0.15, -0.1) is 0 Å². The van der Waals surface area contributed by atoms with Gasteiger partial charge in [0.1, 0.15) is 23.0 Å². The average molecular weight is 348 g/mol. The first-order chi connectivity index (χ1) is 12.6. The standard InChI is InChI=1S/C22H20O4/c1-2-5-15-6-3-4-7-21(15)26-18-11-8-16(9-12-18)22(25)19-14-17(23)10-13-20(19)24/h3-4,6-14,23-24H,2,5H2,1H3. The molecule has 0 amide bonds. The zero-order valence-corrected chi connectivity index (χ0v) is 14.5. The molecule has 0 atom stereocenters. The van der Waals surface area contributed by atoms with Crippen LogP contribution in [-0.2, 0) is 6.42 Å². The maximum Gasteiger partial charge on any atom is 0.196 e. The van der Waals surface area contributed by atoms with E-state index in [0.717, 1.165) is 24.2 Å². The van der Waals surface area contributed by atoms with Gasteiger partial charge in [0, 0.05) is 5.56 Å². The SMILES string of the molecule is CCCc1ccccc1Oc1ccc(C(=O)c2cc(O)ccc2O)cc1. The molecule has 3 aromatic rings. The van der Waals surface area contributed by atoms with Crippen LogP contribution >= 0.6 is 0 Å². The number of ketones is 1. The number of phenolic OH excluding ortho intramolecular Hbond substituents is 2. The fourth-order valence-electron chi connectivity index (χ4n) is 2.74. The first kappa shape index (κ1) is 17.5. The lowest BCUT2D eigenvalue weighted by atomic mass is 10.0. The normalized spacial score (nSPS) is 10.5. The summed E-state index contributed by atoms with van der Waals surface area (Å²) in [4.78, 5) is 12.5. The Bertz CT molecular complexity index is 914. The van der Waals surface area contributed by atoms with E-state index in [0.29, 0.717) is 11.3 Å². The number of hydrogen-bond donors (Lipinski definition) is 2. The number of ether oxygens (including phenoxy) is 1. The largest absolute Gasteiger partial charge is 0.508 e. The molecule has 0 aliphatic rings. The van der Waals surface area contributed by atoms with E-state index in [-0.39, 0.29) is 22.8 Å². The fraction of sp³-hybridized carbons (Fsp3) is 0.136. The molecule has 132 valence electrons. The van der Waals surface area contributed by atoms with E-state index in [1.165, 1.54) is 18.2 Å². The minimum atomic E-state index is -0.365. The second-order valence-electron chi connectivity index (χ2n) is 6.01. The molecular formula is C22H20O4. The second-order valence-corrected chi connectivity index (χ2v) is 6.01. The Kier molecular flexibility index (Phi) is 5.23. The summed E-state index contributed by atoms with van der Waals surface area (Å²) in [5, 5.41) is 19.4. The molecular weight excluding hydrogens is 328 g/mol. The van der Waals surface area contributed by atoms with Gasteiger partial charge in [-0.05, 0) is 60.5 Å². The Balaban J connectivity index is 1.81.